The maximum atomic E-state index is 13.8. The molecule has 0 aliphatic rings. The lowest BCUT2D eigenvalue weighted by Gasteiger charge is -2.14. The SMILES string of the molecule is CC(C)c1ccccc1NCc1ccc(C#N)cc1F. The fraction of sp³-hybridized carbons (Fsp3) is 0.235. The van der Waals surface area contributed by atoms with E-state index in [-0.39, 0.29) is 5.82 Å². The van der Waals surface area contributed by atoms with Gasteiger partial charge in [0, 0.05) is 17.8 Å². The number of hydrogen-bond acceptors (Lipinski definition) is 2. The molecule has 20 heavy (non-hydrogen) atoms. The predicted molar refractivity (Wildman–Crippen MR) is 79.0 cm³/mol. The largest absolute Gasteiger partial charge is 0.381 e. The lowest BCUT2D eigenvalue weighted by atomic mass is 10.0. The number of nitriles is 1. The van der Waals surface area contributed by atoms with Crippen LogP contribution in [0.25, 0.3) is 0 Å². The van der Waals surface area contributed by atoms with Gasteiger partial charge in [-0.25, -0.2) is 4.39 Å². The Kier molecular flexibility index (Phi) is 4.37. The molecule has 0 aromatic heterocycles. The van der Waals surface area contributed by atoms with Crippen LogP contribution in [-0.4, -0.2) is 0 Å². The predicted octanol–water partition coefficient (Wildman–Crippen LogP) is 4.43. The van der Waals surface area contributed by atoms with Crippen molar-refractivity contribution >= 4 is 5.69 Å². The maximum Gasteiger partial charge on any atom is 0.129 e. The second kappa shape index (κ2) is 6.21. The number of nitrogens with one attached hydrogen (secondary N) is 1. The van der Waals surface area contributed by atoms with Crippen LogP contribution in [0.1, 0.15) is 36.5 Å². The minimum absolute atomic E-state index is 0.342. The average Bonchev–Trinajstić information content (AvgIpc) is 2.46. The van der Waals surface area contributed by atoms with Crippen LogP contribution in [-0.2, 0) is 6.54 Å². The van der Waals surface area contributed by atoms with E-state index < -0.39 is 0 Å². The minimum atomic E-state index is -0.349. The van der Waals surface area contributed by atoms with Crippen molar-refractivity contribution in [1.29, 1.82) is 5.26 Å². The monoisotopic (exact) mass is 268 g/mol. The summed E-state index contributed by atoms with van der Waals surface area (Å²) < 4.78 is 13.8. The summed E-state index contributed by atoms with van der Waals surface area (Å²) in [5.74, 6) is 0.0584. The van der Waals surface area contributed by atoms with Gasteiger partial charge >= 0.3 is 0 Å². The molecule has 0 amide bonds. The molecule has 0 spiro atoms. The van der Waals surface area contributed by atoms with Crippen LogP contribution in [0.2, 0.25) is 0 Å². The van der Waals surface area contributed by atoms with Crippen LogP contribution in [0.5, 0.6) is 0 Å². The highest BCUT2D eigenvalue weighted by atomic mass is 19.1. The first-order valence-electron chi connectivity index (χ1n) is 6.63. The molecule has 0 fully saturated rings. The zero-order chi connectivity index (χ0) is 14.5. The van der Waals surface area contributed by atoms with E-state index in [0.29, 0.717) is 23.6 Å². The Balaban J connectivity index is 2.15. The molecule has 0 atom stereocenters. The molecular formula is C17H17FN2. The van der Waals surface area contributed by atoms with Crippen LogP contribution in [0.15, 0.2) is 42.5 Å². The Labute approximate surface area is 118 Å². The molecule has 0 saturated carbocycles. The summed E-state index contributed by atoms with van der Waals surface area (Å²) >= 11 is 0. The van der Waals surface area contributed by atoms with Gasteiger partial charge in [0.1, 0.15) is 5.82 Å². The molecule has 102 valence electrons. The van der Waals surface area contributed by atoms with Gasteiger partial charge in [-0.3, -0.25) is 0 Å². The van der Waals surface area contributed by atoms with Gasteiger partial charge in [-0.05, 0) is 29.7 Å². The standard InChI is InChI=1S/C17H17FN2/c1-12(2)15-5-3-4-6-17(15)20-11-14-8-7-13(10-19)9-16(14)18/h3-9,12,20H,11H2,1-2H3. The van der Waals surface area contributed by atoms with Crippen molar-refractivity contribution in [3.8, 4) is 6.07 Å². The van der Waals surface area contributed by atoms with E-state index in [1.807, 2.05) is 24.3 Å². The fourth-order valence-corrected chi connectivity index (χ4v) is 2.11. The van der Waals surface area contributed by atoms with Crippen molar-refractivity contribution in [3.05, 3.63) is 65.0 Å². The number of para-hydroxylation sites is 1. The van der Waals surface area contributed by atoms with Crippen LogP contribution in [0.3, 0.4) is 0 Å². The van der Waals surface area contributed by atoms with E-state index in [9.17, 15) is 4.39 Å². The zero-order valence-corrected chi connectivity index (χ0v) is 11.7. The second-order valence-electron chi connectivity index (χ2n) is 5.01. The highest BCUT2D eigenvalue weighted by Crippen LogP contribution is 2.24. The molecule has 0 aliphatic carbocycles. The molecular weight excluding hydrogens is 251 g/mol. The Bertz CT molecular complexity index is 642. The third kappa shape index (κ3) is 3.16. The van der Waals surface area contributed by atoms with Crippen LogP contribution < -0.4 is 5.32 Å². The molecule has 0 bridgehead atoms. The van der Waals surface area contributed by atoms with Crippen LogP contribution in [0.4, 0.5) is 10.1 Å². The number of benzene rings is 2. The van der Waals surface area contributed by atoms with Gasteiger partial charge in [-0.2, -0.15) is 5.26 Å². The van der Waals surface area contributed by atoms with Crippen molar-refractivity contribution < 1.29 is 4.39 Å². The van der Waals surface area contributed by atoms with Crippen LogP contribution in [0, 0.1) is 17.1 Å². The van der Waals surface area contributed by atoms with Gasteiger partial charge in [-0.1, -0.05) is 38.1 Å². The first kappa shape index (κ1) is 14.1. The molecule has 1 N–H and O–H groups in total. The van der Waals surface area contributed by atoms with E-state index in [4.69, 9.17) is 5.26 Å². The van der Waals surface area contributed by atoms with E-state index in [0.717, 1.165) is 5.69 Å². The lowest BCUT2D eigenvalue weighted by molar-refractivity contribution is 0.612. The highest BCUT2D eigenvalue weighted by molar-refractivity contribution is 5.53. The summed E-state index contributed by atoms with van der Waals surface area (Å²) in [7, 11) is 0. The highest BCUT2D eigenvalue weighted by Gasteiger charge is 2.07. The van der Waals surface area contributed by atoms with Gasteiger partial charge in [0.2, 0.25) is 0 Å². The molecule has 0 heterocycles. The third-order valence-corrected chi connectivity index (χ3v) is 3.23. The van der Waals surface area contributed by atoms with E-state index >= 15 is 0 Å². The summed E-state index contributed by atoms with van der Waals surface area (Å²) in [6.07, 6.45) is 0. The van der Waals surface area contributed by atoms with Gasteiger partial charge in [0.15, 0.2) is 0 Å². The van der Waals surface area contributed by atoms with Crippen molar-refractivity contribution in [2.24, 2.45) is 0 Å². The number of nitrogens with zero attached hydrogens (tertiary/aromatic N) is 1. The van der Waals surface area contributed by atoms with Gasteiger partial charge in [-0.15, -0.1) is 0 Å². The average molecular weight is 268 g/mol. The van der Waals surface area contributed by atoms with Crippen molar-refractivity contribution in [3.63, 3.8) is 0 Å². The molecule has 3 heteroatoms. The summed E-state index contributed by atoms with van der Waals surface area (Å²) in [6.45, 7) is 4.66. The summed E-state index contributed by atoms with van der Waals surface area (Å²) in [6, 6.07) is 14.5. The minimum Gasteiger partial charge on any atom is -0.381 e. The Morgan fingerprint density at radius 1 is 1.20 bits per heavy atom. The van der Waals surface area contributed by atoms with Crippen LogP contribution >= 0.6 is 0 Å². The topological polar surface area (TPSA) is 35.8 Å². The molecule has 0 aliphatic heterocycles. The third-order valence-electron chi connectivity index (χ3n) is 3.23. The van der Waals surface area contributed by atoms with E-state index in [1.165, 1.54) is 11.6 Å². The molecule has 2 aromatic rings. The molecule has 2 aromatic carbocycles. The molecule has 0 unspecified atom stereocenters. The first-order chi connectivity index (χ1) is 9.61. The molecule has 2 rings (SSSR count). The van der Waals surface area contributed by atoms with Crippen molar-refractivity contribution in [1.82, 2.24) is 0 Å². The first-order valence-corrected chi connectivity index (χ1v) is 6.63. The number of rotatable bonds is 4. The summed E-state index contributed by atoms with van der Waals surface area (Å²) in [4.78, 5) is 0. The smallest absolute Gasteiger partial charge is 0.129 e. The summed E-state index contributed by atoms with van der Waals surface area (Å²) in [5, 5.41) is 12.0. The molecule has 2 nitrogen and oxygen atoms in total. The van der Waals surface area contributed by atoms with E-state index in [1.54, 1.807) is 12.1 Å². The van der Waals surface area contributed by atoms with Gasteiger partial charge in [0.25, 0.3) is 0 Å². The molecule has 0 radical (unpaired) electrons. The lowest BCUT2D eigenvalue weighted by Crippen LogP contribution is -2.05. The quantitative estimate of drug-likeness (QED) is 0.890. The Hall–Kier alpha value is -2.34. The zero-order valence-electron chi connectivity index (χ0n) is 11.7. The molecule has 0 saturated heterocycles. The second-order valence-corrected chi connectivity index (χ2v) is 5.01. The van der Waals surface area contributed by atoms with Crippen molar-refractivity contribution in [2.75, 3.05) is 5.32 Å². The summed E-state index contributed by atoms with van der Waals surface area (Å²) in [5.41, 5.74) is 3.13. The number of halogens is 1. The normalized spacial score (nSPS) is 10.3. The number of hydrogen-bond donors (Lipinski definition) is 1. The van der Waals surface area contributed by atoms with Gasteiger partial charge in [0.05, 0.1) is 11.6 Å². The Morgan fingerprint density at radius 3 is 2.60 bits per heavy atom. The van der Waals surface area contributed by atoms with E-state index in [2.05, 4.69) is 25.2 Å². The fourth-order valence-electron chi connectivity index (χ4n) is 2.11. The Morgan fingerprint density at radius 2 is 1.95 bits per heavy atom. The van der Waals surface area contributed by atoms with Gasteiger partial charge < -0.3 is 5.32 Å². The van der Waals surface area contributed by atoms with Crippen molar-refractivity contribution in [2.45, 2.75) is 26.3 Å². The number of anilines is 1. The maximum absolute atomic E-state index is 13.8.